The molecule has 1 heterocycles. The fourth-order valence-electron chi connectivity index (χ4n) is 2.80. The van der Waals surface area contributed by atoms with E-state index in [4.69, 9.17) is 0 Å². The molecule has 3 N–H and O–H groups in total. The Bertz CT molecular complexity index is 654. The summed E-state index contributed by atoms with van der Waals surface area (Å²) < 4.78 is 0. The summed E-state index contributed by atoms with van der Waals surface area (Å²) in [5, 5.41) is 17.7. The number of anilines is 1. The van der Waals surface area contributed by atoms with Gasteiger partial charge in [-0.05, 0) is 31.0 Å². The van der Waals surface area contributed by atoms with Crippen LogP contribution in [0.2, 0.25) is 0 Å². The van der Waals surface area contributed by atoms with Gasteiger partial charge < -0.3 is 15.7 Å². The number of hydrogen-bond acceptors (Lipinski definition) is 3. The highest BCUT2D eigenvalue weighted by molar-refractivity contribution is 6.05. The number of fused-ring (bicyclic) bond motifs is 1. The molecule has 2 aromatic carbocycles. The van der Waals surface area contributed by atoms with Crippen molar-refractivity contribution in [3.63, 3.8) is 0 Å². The van der Waals surface area contributed by atoms with Gasteiger partial charge in [0.05, 0.1) is 6.04 Å². The predicted molar refractivity (Wildman–Crippen MR) is 79.8 cm³/mol. The highest BCUT2D eigenvalue weighted by Gasteiger charge is 2.29. The highest BCUT2D eigenvalue weighted by atomic mass is 16.3. The molecule has 104 valence electrons. The Hall–Kier alpha value is -2.07. The molecule has 0 saturated carbocycles. The molecule has 3 rings (SSSR count). The number of phenolic OH excluding ortho intramolecular Hbond substituents is 1. The Labute approximate surface area is 117 Å². The first-order chi connectivity index (χ1) is 9.66. The molecule has 1 amide bonds. The zero-order chi connectivity index (χ0) is 14.1. The molecule has 1 aliphatic rings. The summed E-state index contributed by atoms with van der Waals surface area (Å²) in [7, 11) is 0. The Morgan fingerprint density at radius 1 is 1.25 bits per heavy atom. The van der Waals surface area contributed by atoms with E-state index in [2.05, 4.69) is 17.6 Å². The number of nitrogens with one attached hydrogen (secondary N) is 2. The molecule has 20 heavy (non-hydrogen) atoms. The molecular weight excluding hydrogens is 252 g/mol. The lowest BCUT2D eigenvalue weighted by Crippen LogP contribution is -2.39. The Kier molecular flexibility index (Phi) is 3.32. The molecule has 4 nitrogen and oxygen atoms in total. The summed E-state index contributed by atoms with van der Waals surface area (Å²) in [4.78, 5) is 12.3. The fraction of sp³-hybridized carbons (Fsp3) is 0.312. The van der Waals surface area contributed by atoms with Crippen molar-refractivity contribution in [2.45, 2.75) is 19.4 Å². The number of hydrogen-bond donors (Lipinski definition) is 3. The lowest BCUT2D eigenvalue weighted by Gasteiger charge is -2.16. The zero-order valence-electron chi connectivity index (χ0n) is 11.4. The molecule has 0 aliphatic carbocycles. The molecule has 1 saturated heterocycles. The first kappa shape index (κ1) is 12.9. The van der Waals surface area contributed by atoms with Crippen molar-refractivity contribution < 1.29 is 9.90 Å². The number of aromatic hydroxyl groups is 1. The van der Waals surface area contributed by atoms with Crippen molar-refractivity contribution in [1.29, 1.82) is 0 Å². The first-order valence-corrected chi connectivity index (χ1v) is 6.92. The molecule has 0 radical (unpaired) electrons. The second-order valence-electron chi connectivity index (χ2n) is 5.36. The molecule has 2 aromatic rings. The zero-order valence-corrected chi connectivity index (χ0v) is 11.4. The third-order valence-electron chi connectivity index (χ3n) is 3.97. The number of benzene rings is 2. The first-order valence-electron chi connectivity index (χ1n) is 6.92. The van der Waals surface area contributed by atoms with E-state index < -0.39 is 0 Å². The van der Waals surface area contributed by atoms with Crippen molar-refractivity contribution >= 4 is 22.4 Å². The lowest BCUT2D eigenvalue weighted by molar-refractivity contribution is -0.118. The number of carbonyl (C=O) groups excluding carboxylic acids is 1. The summed E-state index contributed by atoms with van der Waals surface area (Å²) in [5.74, 6) is 0.565. The number of amides is 1. The monoisotopic (exact) mass is 270 g/mol. The van der Waals surface area contributed by atoms with E-state index in [1.807, 2.05) is 24.3 Å². The van der Waals surface area contributed by atoms with Crippen LogP contribution in [0.1, 0.15) is 13.3 Å². The summed E-state index contributed by atoms with van der Waals surface area (Å²) in [6, 6.07) is 10.7. The highest BCUT2D eigenvalue weighted by Crippen LogP contribution is 2.30. The Morgan fingerprint density at radius 3 is 2.75 bits per heavy atom. The van der Waals surface area contributed by atoms with Gasteiger partial charge in [0, 0.05) is 16.5 Å². The van der Waals surface area contributed by atoms with Crippen molar-refractivity contribution in [1.82, 2.24) is 5.32 Å². The average molecular weight is 270 g/mol. The molecular formula is C16H18N2O2. The van der Waals surface area contributed by atoms with Crippen LogP contribution in [0.3, 0.4) is 0 Å². The summed E-state index contributed by atoms with van der Waals surface area (Å²) in [6.07, 6.45) is 1.02. The van der Waals surface area contributed by atoms with Gasteiger partial charge in [-0.25, -0.2) is 0 Å². The minimum atomic E-state index is -0.137. The molecule has 1 fully saturated rings. The summed E-state index contributed by atoms with van der Waals surface area (Å²) in [5.41, 5.74) is 0.740. The minimum absolute atomic E-state index is 0.00848. The van der Waals surface area contributed by atoms with Crippen LogP contribution in [0.4, 0.5) is 5.69 Å². The normalized spacial score (nSPS) is 22.1. The van der Waals surface area contributed by atoms with E-state index in [0.717, 1.165) is 29.4 Å². The Morgan fingerprint density at radius 2 is 2.00 bits per heavy atom. The lowest BCUT2D eigenvalue weighted by atomic mass is 10.0. The van der Waals surface area contributed by atoms with Crippen LogP contribution >= 0.6 is 0 Å². The van der Waals surface area contributed by atoms with Gasteiger partial charge in [-0.3, -0.25) is 4.79 Å². The van der Waals surface area contributed by atoms with E-state index in [-0.39, 0.29) is 17.7 Å². The van der Waals surface area contributed by atoms with Gasteiger partial charge in [-0.15, -0.1) is 0 Å². The van der Waals surface area contributed by atoms with Crippen LogP contribution < -0.4 is 10.6 Å². The van der Waals surface area contributed by atoms with Gasteiger partial charge in [0.2, 0.25) is 5.91 Å². The maximum atomic E-state index is 12.3. The quantitative estimate of drug-likeness (QED) is 0.785. The second kappa shape index (κ2) is 5.13. The van der Waals surface area contributed by atoms with E-state index in [9.17, 15) is 9.90 Å². The van der Waals surface area contributed by atoms with Crippen LogP contribution in [-0.4, -0.2) is 23.6 Å². The third kappa shape index (κ3) is 2.23. The van der Waals surface area contributed by atoms with E-state index in [1.165, 1.54) is 0 Å². The van der Waals surface area contributed by atoms with E-state index in [1.54, 1.807) is 12.1 Å². The largest absolute Gasteiger partial charge is 0.507 e. The van der Waals surface area contributed by atoms with Crippen LogP contribution in [0.15, 0.2) is 36.4 Å². The smallest absolute Gasteiger partial charge is 0.241 e. The minimum Gasteiger partial charge on any atom is -0.507 e. The molecule has 0 aromatic heterocycles. The van der Waals surface area contributed by atoms with Crippen LogP contribution in [0.5, 0.6) is 5.75 Å². The number of carbonyl (C=O) groups is 1. The van der Waals surface area contributed by atoms with Gasteiger partial charge in [0.15, 0.2) is 0 Å². The molecule has 2 atom stereocenters. The fourth-order valence-corrected chi connectivity index (χ4v) is 2.80. The van der Waals surface area contributed by atoms with Gasteiger partial charge in [-0.1, -0.05) is 31.2 Å². The second-order valence-corrected chi connectivity index (χ2v) is 5.36. The molecule has 4 heteroatoms. The van der Waals surface area contributed by atoms with Gasteiger partial charge in [-0.2, -0.15) is 0 Å². The molecule has 0 bridgehead atoms. The average Bonchev–Trinajstić information content (AvgIpc) is 2.86. The van der Waals surface area contributed by atoms with Crippen LogP contribution in [0, 0.1) is 5.92 Å². The van der Waals surface area contributed by atoms with E-state index in [0.29, 0.717) is 5.92 Å². The summed E-state index contributed by atoms with van der Waals surface area (Å²) >= 11 is 0. The molecule has 1 aliphatic heterocycles. The van der Waals surface area contributed by atoms with Gasteiger partial charge in [0.25, 0.3) is 0 Å². The van der Waals surface area contributed by atoms with Crippen molar-refractivity contribution in [3.05, 3.63) is 36.4 Å². The van der Waals surface area contributed by atoms with Gasteiger partial charge >= 0.3 is 0 Å². The van der Waals surface area contributed by atoms with Crippen molar-refractivity contribution in [2.75, 3.05) is 11.9 Å². The van der Waals surface area contributed by atoms with Crippen molar-refractivity contribution in [2.24, 2.45) is 5.92 Å². The molecule has 0 spiro atoms. The van der Waals surface area contributed by atoms with Crippen LogP contribution in [0.25, 0.3) is 10.8 Å². The maximum absolute atomic E-state index is 12.3. The van der Waals surface area contributed by atoms with Gasteiger partial charge in [0.1, 0.15) is 5.75 Å². The SMILES string of the molecule is CC1CCNC1C(=O)Nc1cccc2c(O)cccc12. The standard InChI is InChI=1S/C16H18N2O2/c1-10-8-9-17-15(10)16(20)18-13-6-2-5-12-11(13)4-3-7-14(12)19/h2-7,10,15,17,19H,8-9H2,1H3,(H,18,20). The molecule has 2 unspecified atom stereocenters. The predicted octanol–water partition coefficient (Wildman–Crippen LogP) is 2.48. The van der Waals surface area contributed by atoms with E-state index >= 15 is 0 Å². The Balaban J connectivity index is 1.91. The topological polar surface area (TPSA) is 61.4 Å². The maximum Gasteiger partial charge on any atom is 0.241 e. The number of rotatable bonds is 2. The summed E-state index contributed by atoms with van der Waals surface area (Å²) in [6.45, 7) is 2.97. The van der Waals surface area contributed by atoms with Crippen molar-refractivity contribution in [3.8, 4) is 5.75 Å². The third-order valence-corrected chi connectivity index (χ3v) is 3.97. The number of phenols is 1. The van der Waals surface area contributed by atoms with Crippen LogP contribution in [-0.2, 0) is 4.79 Å².